The van der Waals surface area contributed by atoms with Crippen molar-refractivity contribution in [2.75, 3.05) is 13.6 Å². The minimum absolute atomic E-state index is 0.141. The minimum atomic E-state index is 0.141. The van der Waals surface area contributed by atoms with E-state index in [9.17, 15) is 5.26 Å². The third kappa shape index (κ3) is 2.98. The van der Waals surface area contributed by atoms with Gasteiger partial charge in [0, 0.05) is 19.0 Å². The lowest BCUT2D eigenvalue weighted by molar-refractivity contribution is 0.0228. The molecule has 1 fully saturated rings. The van der Waals surface area contributed by atoms with E-state index in [1.165, 1.54) is 5.56 Å². The first kappa shape index (κ1) is 14.1. The molecule has 0 aromatic heterocycles. The molecule has 0 aliphatic carbocycles. The van der Waals surface area contributed by atoms with Crippen LogP contribution in [0, 0.1) is 22.7 Å². The van der Waals surface area contributed by atoms with Crippen LogP contribution in [0.15, 0.2) is 30.3 Å². The maximum atomic E-state index is 9.27. The van der Waals surface area contributed by atoms with Crippen LogP contribution in [0.4, 0.5) is 0 Å². The van der Waals surface area contributed by atoms with Crippen LogP contribution in [-0.4, -0.2) is 24.5 Å². The summed E-state index contributed by atoms with van der Waals surface area (Å²) in [6.45, 7) is 5.68. The normalized spacial score (nSPS) is 31.9. The van der Waals surface area contributed by atoms with Crippen LogP contribution in [-0.2, 0) is 6.42 Å². The molecular formula is C17H24N2. The number of rotatable bonds is 3. The van der Waals surface area contributed by atoms with Crippen molar-refractivity contribution in [3.8, 4) is 6.07 Å². The number of hydrogen-bond donors (Lipinski definition) is 0. The highest BCUT2D eigenvalue weighted by Gasteiger charge is 2.42. The van der Waals surface area contributed by atoms with Gasteiger partial charge in [0.2, 0.25) is 0 Å². The molecule has 0 radical (unpaired) electrons. The van der Waals surface area contributed by atoms with E-state index in [0.717, 1.165) is 19.4 Å². The van der Waals surface area contributed by atoms with Crippen molar-refractivity contribution in [2.45, 2.75) is 39.2 Å². The lowest BCUT2D eigenvalue weighted by Gasteiger charge is -2.48. The maximum Gasteiger partial charge on any atom is 0.0627 e. The monoisotopic (exact) mass is 256 g/mol. The van der Waals surface area contributed by atoms with Crippen molar-refractivity contribution >= 4 is 0 Å². The second-order valence-electron chi connectivity index (χ2n) is 6.25. The fourth-order valence-corrected chi connectivity index (χ4v) is 3.47. The highest BCUT2D eigenvalue weighted by atomic mass is 15.1. The van der Waals surface area contributed by atoms with E-state index >= 15 is 0 Å². The Hall–Kier alpha value is -1.33. The first-order valence-corrected chi connectivity index (χ1v) is 7.18. The van der Waals surface area contributed by atoms with E-state index in [-0.39, 0.29) is 5.41 Å². The fourth-order valence-electron chi connectivity index (χ4n) is 3.47. The van der Waals surface area contributed by atoms with Crippen LogP contribution in [0.1, 0.15) is 32.3 Å². The van der Waals surface area contributed by atoms with Crippen LogP contribution in [0.5, 0.6) is 0 Å². The van der Waals surface area contributed by atoms with E-state index in [4.69, 9.17) is 0 Å². The molecule has 0 bridgehead atoms. The van der Waals surface area contributed by atoms with Gasteiger partial charge in [0.05, 0.1) is 6.07 Å². The van der Waals surface area contributed by atoms with Gasteiger partial charge in [-0.1, -0.05) is 37.3 Å². The summed E-state index contributed by atoms with van der Waals surface area (Å²) in [5, 5.41) is 9.27. The molecule has 1 aromatic carbocycles. The molecule has 3 atom stereocenters. The van der Waals surface area contributed by atoms with Gasteiger partial charge >= 0.3 is 0 Å². The summed E-state index contributed by atoms with van der Waals surface area (Å²) >= 11 is 0. The minimum Gasteiger partial charge on any atom is -0.303 e. The third-order valence-electron chi connectivity index (χ3n) is 4.89. The molecule has 1 saturated heterocycles. The molecular weight excluding hydrogens is 232 g/mol. The SMILES string of the molecule is CC1CC(CC#N)(Cc2ccccc2)C(C)CN1C. The first-order chi connectivity index (χ1) is 9.07. The standard InChI is InChI=1S/C17H24N2/c1-14-13-19(3)15(2)11-17(14,9-10-18)12-16-7-5-4-6-8-16/h4-8,14-15H,9,11-13H2,1-3H3. The predicted molar refractivity (Wildman–Crippen MR) is 78.7 cm³/mol. The number of hydrogen-bond acceptors (Lipinski definition) is 2. The molecule has 2 nitrogen and oxygen atoms in total. The first-order valence-electron chi connectivity index (χ1n) is 7.18. The zero-order chi connectivity index (χ0) is 13.9. The van der Waals surface area contributed by atoms with E-state index in [2.05, 4.69) is 62.2 Å². The second kappa shape index (κ2) is 5.75. The average Bonchev–Trinajstić information content (AvgIpc) is 2.38. The Morgan fingerprint density at radius 1 is 1.32 bits per heavy atom. The third-order valence-corrected chi connectivity index (χ3v) is 4.89. The molecule has 0 saturated carbocycles. The van der Waals surface area contributed by atoms with Gasteiger partial charge in [-0.2, -0.15) is 5.26 Å². The van der Waals surface area contributed by atoms with Crippen molar-refractivity contribution in [3.05, 3.63) is 35.9 Å². The molecule has 1 aliphatic heterocycles. The van der Waals surface area contributed by atoms with Crippen LogP contribution in [0.2, 0.25) is 0 Å². The average molecular weight is 256 g/mol. The molecule has 1 heterocycles. The van der Waals surface area contributed by atoms with Gasteiger partial charge in [-0.15, -0.1) is 0 Å². The van der Waals surface area contributed by atoms with E-state index in [0.29, 0.717) is 18.4 Å². The molecule has 0 N–H and O–H groups in total. The van der Waals surface area contributed by atoms with Crippen LogP contribution >= 0.6 is 0 Å². The van der Waals surface area contributed by atoms with Crippen molar-refractivity contribution in [3.63, 3.8) is 0 Å². The number of likely N-dealkylation sites (tertiary alicyclic amines) is 1. The second-order valence-corrected chi connectivity index (χ2v) is 6.25. The zero-order valence-corrected chi connectivity index (χ0v) is 12.3. The van der Waals surface area contributed by atoms with Gasteiger partial charge in [0.25, 0.3) is 0 Å². The van der Waals surface area contributed by atoms with Gasteiger partial charge < -0.3 is 4.90 Å². The fraction of sp³-hybridized carbons (Fsp3) is 0.588. The van der Waals surface area contributed by atoms with Gasteiger partial charge in [0.15, 0.2) is 0 Å². The summed E-state index contributed by atoms with van der Waals surface area (Å²) in [4.78, 5) is 2.42. The maximum absolute atomic E-state index is 9.27. The Kier molecular flexibility index (Phi) is 4.27. The highest BCUT2D eigenvalue weighted by molar-refractivity contribution is 5.18. The Bertz CT molecular complexity index is 448. The molecule has 0 amide bonds. The van der Waals surface area contributed by atoms with Gasteiger partial charge in [0.1, 0.15) is 0 Å². The quantitative estimate of drug-likeness (QED) is 0.827. The predicted octanol–water partition coefficient (Wildman–Crippen LogP) is 3.49. The lowest BCUT2D eigenvalue weighted by Crippen LogP contribution is -2.50. The molecule has 2 rings (SSSR count). The molecule has 2 heteroatoms. The van der Waals surface area contributed by atoms with Gasteiger partial charge in [-0.05, 0) is 43.7 Å². The molecule has 1 aromatic rings. The van der Waals surface area contributed by atoms with E-state index in [1.807, 2.05) is 0 Å². The summed E-state index contributed by atoms with van der Waals surface area (Å²) in [6, 6.07) is 13.6. The van der Waals surface area contributed by atoms with Gasteiger partial charge in [-0.3, -0.25) is 0 Å². The summed E-state index contributed by atoms with van der Waals surface area (Å²) < 4.78 is 0. The summed E-state index contributed by atoms with van der Waals surface area (Å²) in [6.07, 6.45) is 2.81. The summed E-state index contributed by atoms with van der Waals surface area (Å²) in [7, 11) is 2.19. The van der Waals surface area contributed by atoms with Crippen molar-refractivity contribution in [1.29, 1.82) is 5.26 Å². The zero-order valence-electron chi connectivity index (χ0n) is 12.3. The molecule has 19 heavy (non-hydrogen) atoms. The number of benzene rings is 1. The van der Waals surface area contributed by atoms with E-state index < -0.39 is 0 Å². The topological polar surface area (TPSA) is 27.0 Å². The van der Waals surface area contributed by atoms with Crippen molar-refractivity contribution in [1.82, 2.24) is 4.90 Å². The Labute approximate surface area is 117 Å². The van der Waals surface area contributed by atoms with Crippen molar-refractivity contribution < 1.29 is 0 Å². The largest absolute Gasteiger partial charge is 0.303 e. The van der Waals surface area contributed by atoms with Crippen molar-refractivity contribution in [2.24, 2.45) is 11.3 Å². The van der Waals surface area contributed by atoms with Gasteiger partial charge in [-0.25, -0.2) is 0 Å². The number of nitriles is 1. The summed E-state index contributed by atoms with van der Waals surface area (Å²) in [5.74, 6) is 0.563. The van der Waals surface area contributed by atoms with Crippen LogP contribution in [0.25, 0.3) is 0 Å². The summed E-state index contributed by atoms with van der Waals surface area (Å²) in [5.41, 5.74) is 1.50. The molecule has 102 valence electrons. The van der Waals surface area contributed by atoms with Crippen LogP contribution < -0.4 is 0 Å². The Morgan fingerprint density at radius 2 is 2.00 bits per heavy atom. The van der Waals surface area contributed by atoms with E-state index in [1.54, 1.807) is 0 Å². The smallest absolute Gasteiger partial charge is 0.0627 e. The molecule has 0 spiro atoms. The highest BCUT2D eigenvalue weighted by Crippen LogP contribution is 2.44. The Morgan fingerprint density at radius 3 is 2.63 bits per heavy atom. The molecule has 3 unspecified atom stereocenters. The lowest BCUT2D eigenvalue weighted by atomic mass is 9.64. The number of piperidine rings is 1. The number of nitrogens with zero attached hydrogens (tertiary/aromatic N) is 2. The Balaban J connectivity index is 2.25. The van der Waals surface area contributed by atoms with Crippen LogP contribution in [0.3, 0.4) is 0 Å². The molecule has 1 aliphatic rings.